The summed E-state index contributed by atoms with van der Waals surface area (Å²) in [7, 11) is 3.01. The molecule has 0 saturated carbocycles. The first-order valence-corrected chi connectivity index (χ1v) is 6.44. The molecule has 2 aromatic rings. The van der Waals surface area contributed by atoms with Crippen LogP contribution in [0, 0.1) is 0 Å². The van der Waals surface area contributed by atoms with Gasteiger partial charge in [-0.3, -0.25) is 4.79 Å². The van der Waals surface area contributed by atoms with E-state index in [1.54, 1.807) is 18.2 Å². The van der Waals surface area contributed by atoms with Crippen LogP contribution in [0.5, 0.6) is 17.2 Å². The third kappa shape index (κ3) is 3.58. The molecule has 0 spiro atoms. The number of ether oxygens (including phenoxy) is 2. The normalized spacial score (nSPS) is 10.0. The van der Waals surface area contributed by atoms with Crippen LogP contribution < -0.4 is 14.8 Å². The first kappa shape index (κ1) is 15.0. The van der Waals surface area contributed by atoms with Crippen LogP contribution in [-0.4, -0.2) is 25.2 Å². The molecular formula is C15H14ClNO4. The van der Waals surface area contributed by atoms with Crippen molar-refractivity contribution in [3.05, 3.63) is 47.0 Å². The quantitative estimate of drug-likeness (QED) is 0.850. The van der Waals surface area contributed by atoms with E-state index in [9.17, 15) is 9.90 Å². The Hall–Kier alpha value is -2.40. The average molecular weight is 308 g/mol. The molecule has 0 bridgehead atoms. The van der Waals surface area contributed by atoms with Gasteiger partial charge in [0.25, 0.3) is 5.91 Å². The Morgan fingerprint density at radius 3 is 2.24 bits per heavy atom. The number of phenols is 1. The van der Waals surface area contributed by atoms with Gasteiger partial charge in [-0.05, 0) is 24.3 Å². The van der Waals surface area contributed by atoms with E-state index in [-0.39, 0.29) is 16.7 Å². The molecule has 6 heteroatoms. The van der Waals surface area contributed by atoms with Gasteiger partial charge in [-0.25, -0.2) is 0 Å². The van der Waals surface area contributed by atoms with Crippen molar-refractivity contribution in [1.82, 2.24) is 0 Å². The molecule has 0 unspecified atom stereocenters. The molecule has 0 aliphatic rings. The summed E-state index contributed by atoms with van der Waals surface area (Å²) in [5.41, 5.74) is 0.775. The van der Waals surface area contributed by atoms with Crippen LogP contribution in [0.1, 0.15) is 10.4 Å². The van der Waals surface area contributed by atoms with Crippen LogP contribution in [0.2, 0.25) is 5.02 Å². The van der Waals surface area contributed by atoms with Crippen molar-refractivity contribution in [1.29, 1.82) is 0 Å². The van der Waals surface area contributed by atoms with Gasteiger partial charge in [0.05, 0.1) is 24.9 Å². The summed E-state index contributed by atoms with van der Waals surface area (Å²) in [6.45, 7) is 0. The Labute approximate surface area is 127 Å². The van der Waals surface area contributed by atoms with E-state index in [2.05, 4.69) is 5.32 Å². The van der Waals surface area contributed by atoms with Crippen LogP contribution in [0.4, 0.5) is 5.69 Å². The highest BCUT2D eigenvalue weighted by atomic mass is 35.5. The number of nitrogens with one attached hydrogen (secondary N) is 1. The summed E-state index contributed by atoms with van der Waals surface area (Å²) < 4.78 is 10.2. The molecule has 0 atom stereocenters. The highest BCUT2D eigenvalue weighted by molar-refractivity contribution is 6.34. The molecule has 0 aliphatic heterocycles. The molecule has 1 amide bonds. The molecule has 2 aromatic carbocycles. The van der Waals surface area contributed by atoms with E-state index >= 15 is 0 Å². The van der Waals surface area contributed by atoms with Gasteiger partial charge in [-0.2, -0.15) is 0 Å². The lowest BCUT2D eigenvalue weighted by Gasteiger charge is -2.10. The lowest BCUT2D eigenvalue weighted by molar-refractivity contribution is 0.102. The van der Waals surface area contributed by atoms with Crippen LogP contribution in [0.3, 0.4) is 0 Å². The van der Waals surface area contributed by atoms with Crippen molar-refractivity contribution in [3.63, 3.8) is 0 Å². The largest absolute Gasteiger partial charge is 0.508 e. The lowest BCUT2D eigenvalue weighted by atomic mass is 10.1. The molecule has 0 heterocycles. The third-order valence-corrected chi connectivity index (χ3v) is 3.13. The minimum atomic E-state index is -0.361. The van der Waals surface area contributed by atoms with Crippen molar-refractivity contribution in [2.45, 2.75) is 0 Å². The fourth-order valence-electron chi connectivity index (χ4n) is 1.74. The fraction of sp³-hybridized carbons (Fsp3) is 0.133. The predicted octanol–water partition coefficient (Wildman–Crippen LogP) is 3.32. The molecule has 0 radical (unpaired) electrons. The predicted molar refractivity (Wildman–Crippen MR) is 80.6 cm³/mol. The van der Waals surface area contributed by atoms with Crippen molar-refractivity contribution in [2.24, 2.45) is 0 Å². The molecule has 2 N–H and O–H groups in total. The highest BCUT2D eigenvalue weighted by Gasteiger charge is 2.12. The fourth-order valence-corrected chi connectivity index (χ4v) is 1.96. The summed E-state index contributed by atoms with van der Waals surface area (Å²) in [5, 5.41) is 12.2. The number of carbonyl (C=O) groups is 1. The van der Waals surface area contributed by atoms with E-state index in [0.29, 0.717) is 22.7 Å². The number of aromatic hydroxyl groups is 1. The molecule has 21 heavy (non-hydrogen) atoms. The van der Waals surface area contributed by atoms with E-state index < -0.39 is 0 Å². The number of carbonyl (C=O) groups excluding carboxylic acids is 1. The van der Waals surface area contributed by atoms with Crippen molar-refractivity contribution in [2.75, 3.05) is 19.5 Å². The van der Waals surface area contributed by atoms with Gasteiger partial charge in [-0.15, -0.1) is 0 Å². The second-order valence-electron chi connectivity index (χ2n) is 4.22. The number of anilines is 1. The average Bonchev–Trinajstić information content (AvgIpc) is 2.49. The zero-order valence-electron chi connectivity index (χ0n) is 11.5. The van der Waals surface area contributed by atoms with Crippen LogP contribution in [0.25, 0.3) is 0 Å². The monoisotopic (exact) mass is 307 g/mol. The Kier molecular flexibility index (Phi) is 4.55. The van der Waals surface area contributed by atoms with E-state index in [0.717, 1.165) is 0 Å². The summed E-state index contributed by atoms with van der Waals surface area (Å²) in [4.78, 5) is 12.2. The molecule has 2 rings (SSSR count). The zero-order chi connectivity index (χ0) is 15.4. The molecule has 0 saturated heterocycles. The van der Waals surface area contributed by atoms with Crippen LogP contribution in [-0.2, 0) is 0 Å². The molecular weight excluding hydrogens is 294 g/mol. The number of amides is 1. The molecule has 0 aromatic heterocycles. The Balaban J connectivity index is 2.27. The standard InChI is InChI=1S/C15H14ClNO4/c1-20-11-5-9(6-12(8-11)21-2)15(19)17-14-4-3-10(18)7-13(14)16/h3-8,18H,1-2H3,(H,17,19). The number of benzene rings is 2. The second-order valence-corrected chi connectivity index (χ2v) is 4.63. The van der Waals surface area contributed by atoms with Crippen LogP contribution in [0.15, 0.2) is 36.4 Å². The van der Waals surface area contributed by atoms with Crippen molar-refractivity contribution < 1.29 is 19.4 Å². The lowest BCUT2D eigenvalue weighted by Crippen LogP contribution is -2.12. The van der Waals surface area contributed by atoms with Gasteiger partial charge in [0, 0.05) is 17.7 Å². The summed E-state index contributed by atoms with van der Waals surface area (Å²) in [6.07, 6.45) is 0. The molecule has 5 nitrogen and oxygen atoms in total. The minimum Gasteiger partial charge on any atom is -0.508 e. The van der Waals surface area contributed by atoms with E-state index in [4.69, 9.17) is 21.1 Å². The molecule has 110 valence electrons. The van der Waals surface area contributed by atoms with Gasteiger partial charge in [0.1, 0.15) is 17.2 Å². The summed E-state index contributed by atoms with van der Waals surface area (Å²) in [5.74, 6) is 0.688. The third-order valence-electron chi connectivity index (χ3n) is 2.81. The molecule has 0 fully saturated rings. The smallest absolute Gasteiger partial charge is 0.255 e. The van der Waals surface area contributed by atoms with E-state index in [1.165, 1.54) is 32.4 Å². The summed E-state index contributed by atoms with van der Waals surface area (Å²) in [6, 6.07) is 9.16. The van der Waals surface area contributed by atoms with E-state index in [1.807, 2.05) is 0 Å². The number of hydrogen-bond donors (Lipinski definition) is 2. The minimum absolute atomic E-state index is 0.0287. The molecule has 0 aliphatic carbocycles. The first-order chi connectivity index (χ1) is 10.0. The number of halogens is 1. The Bertz CT molecular complexity index is 650. The highest BCUT2D eigenvalue weighted by Crippen LogP contribution is 2.27. The summed E-state index contributed by atoms with van der Waals surface area (Å²) >= 11 is 5.95. The second kappa shape index (κ2) is 6.37. The Morgan fingerprint density at radius 2 is 1.71 bits per heavy atom. The number of phenolic OH excluding ortho intramolecular Hbond substituents is 1. The van der Waals surface area contributed by atoms with Crippen molar-refractivity contribution >= 4 is 23.2 Å². The first-order valence-electron chi connectivity index (χ1n) is 6.06. The van der Waals surface area contributed by atoms with Gasteiger partial charge >= 0.3 is 0 Å². The topological polar surface area (TPSA) is 67.8 Å². The van der Waals surface area contributed by atoms with Gasteiger partial charge in [0.15, 0.2) is 0 Å². The number of methoxy groups -OCH3 is 2. The van der Waals surface area contributed by atoms with Gasteiger partial charge in [0.2, 0.25) is 0 Å². The maximum Gasteiger partial charge on any atom is 0.255 e. The zero-order valence-corrected chi connectivity index (χ0v) is 12.3. The maximum atomic E-state index is 12.2. The number of hydrogen-bond acceptors (Lipinski definition) is 4. The Morgan fingerprint density at radius 1 is 1.10 bits per heavy atom. The maximum absolute atomic E-state index is 12.2. The van der Waals surface area contributed by atoms with Crippen LogP contribution >= 0.6 is 11.6 Å². The SMILES string of the molecule is COc1cc(OC)cc(C(=O)Nc2ccc(O)cc2Cl)c1. The van der Waals surface area contributed by atoms with Gasteiger partial charge < -0.3 is 19.9 Å². The number of rotatable bonds is 4. The van der Waals surface area contributed by atoms with Crippen molar-refractivity contribution in [3.8, 4) is 17.2 Å². The van der Waals surface area contributed by atoms with Gasteiger partial charge in [-0.1, -0.05) is 11.6 Å².